The zero-order valence-electron chi connectivity index (χ0n) is 19.4. The Morgan fingerprint density at radius 1 is 1.30 bits per heavy atom. The van der Waals surface area contributed by atoms with Gasteiger partial charge in [0.25, 0.3) is 11.5 Å². The zero-order chi connectivity index (χ0) is 23.1. The summed E-state index contributed by atoms with van der Waals surface area (Å²) in [4.78, 5) is 30.6. The molecule has 1 atom stereocenters. The fraction of sp³-hybridized carbons (Fsp3) is 0.480. The zero-order valence-corrected chi connectivity index (χ0v) is 19.4. The van der Waals surface area contributed by atoms with Gasteiger partial charge in [0.1, 0.15) is 5.39 Å². The van der Waals surface area contributed by atoms with E-state index in [1.165, 1.54) is 12.8 Å². The molecule has 2 aliphatic rings. The van der Waals surface area contributed by atoms with Crippen molar-refractivity contribution in [3.8, 4) is 0 Å². The summed E-state index contributed by atoms with van der Waals surface area (Å²) in [6.07, 6.45) is 4.09. The third-order valence-electron chi connectivity index (χ3n) is 6.72. The second kappa shape index (κ2) is 8.67. The first-order chi connectivity index (χ1) is 15.9. The van der Waals surface area contributed by atoms with Crippen LogP contribution in [0, 0.1) is 18.8 Å². The molecule has 8 nitrogen and oxygen atoms in total. The Labute approximate surface area is 192 Å². The van der Waals surface area contributed by atoms with Crippen LogP contribution in [0.25, 0.3) is 10.9 Å². The van der Waals surface area contributed by atoms with Crippen LogP contribution < -0.4 is 10.9 Å². The molecule has 33 heavy (non-hydrogen) atoms. The number of rotatable bonds is 6. The number of carbonyl (C=O) groups is 1. The number of carbonyl (C=O) groups excluding carboxylic acids is 1. The van der Waals surface area contributed by atoms with Gasteiger partial charge in [-0.1, -0.05) is 13.8 Å². The summed E-state index contributed by atoms with van der Waals surface area (Å²) < 4.78 is 7.54. The number of anilines is 2. The Morgan fingerprint density at radius 3 is 2.85 bits per heavy atom. The number of hydrogen-bond donors (Lipinski definition) is 2. The lowest BCUT2D eigenvalue weighted by Crippen LogP contribution is -2.51. The Morgan fingerprint density at radius 2 is 2.12 bits per heavy atom. The van der Waals surface area contributed by atoms with Gasteiger partial charge in [0, 0.05) is 30.5 Å². The molecule has 0 radical (unpaired) electrons. The van der Waals surface area contributed by atoms with Crippen LogP contribution in [-0.2, 0) is 11.3 Å². The minimum Gasteiger partial charge on any atom is -0.377 e. The van der Waals surface area contributed by atoms with Crippen molar-refractivity contribution in [1.82, 2.24) is 19.7 Å². The number of amides is 1. The van der Waals surface area contributed by atoms with Gasteiger partial charge in [0.05, 0.1) is 24.8 Å². The summed E-state index contributed by atoms with van der Waals surface area (Å²) in [5.41, 5.74) is 3.05. The fourth-order valence-electron chi connectivity index (χ4n) is 4.61. The van der Waals surface area contributed by atoms with Gasteiger partial charge < -0.3 is 19.9 Å². The average molecular weight is 450 g/mol. The highest BCUT2D eigenvalue weighted by atomic mass is 16.5. The van der Waals surface area contributed by atoms with Crippen LogP contribution in [0.3, 0.4) is 0 Å². The van der Waals surface area contributed by atoms with E-state index in [0.717, 1.165) is 23.3 Å². The molecule has 8 heteroatoms. The molecule has 1 saturated heterocycles. The van der Waals surface area contributed by atoms with Gasteiger partial charge in [0.15, 0.2) is 5.82 Å². The highest BCUT2D eigenvalue weighted by Gasteiger charge is 2.31. The van der Waals surface area contributed by atoms with E-state index in [4.69, 9.17) is 9.84 Å². The van der Waals surface area contributed by atoms with E-state index in [9.17, 15) is 9.59 Å². The molecule has 174 valence electrons. The van der Waals surface area contributed by atoms with Crippen molar-refractivity contribution in [2.24, 2.45) is 11.8 Å². The first-order valence-corrected chi connectivity index (χ1v) is 11.8. The van der Waals surface area contributed by atoms with Crippen LogP contribution in [0.2, 0.25) is 0 Å². The Balaban J connectivity index is 1.42. The van der Waals surface area contributed by atoms with E-state index in [1.54, 1.807) is 6.20 Å². The second-order valence-electron chi connectivity index (χ2n) is 9.58. The van der Waals surface area contributed by atoms with Crippen LogP contribution in [0.4, 0.5) is 11.5 Å². The number of nitrogens with zero attached hydrogens (tertiary/aromatic N) is 3. The topological polar surface area (TPSA) is 92.2 Å². The molecule has 1 amide bonds. The van der Waals surface area contributed by atoms with Gasteiger partial charge in [-0.05, 0) is 61.4 Å². The molecule has 3 aromatic rings. The number of hydrogen-bond acceptors (Lipinski definition) is 5. The third kappa shape index (κ3) is 4.27. The molecule has 1 aliphatic carbocycles. The number of benzene rings is 1. The summed E-state index contributed by atoms with van der Waals surface area (Å²) in [7, 11) is 0. The first-order valence-electron chi connectivity index (χ1n) is 11.8. The lowest BCUT2D eigenvalue weighted by atomic mass is 9.99. The van der Waals surface area contributed by atoms with Crippen LogP contribution in [0.5, 0.6) is 0 Å². The molecule has 5 rings (SSSR count). The van der Waals surface area contributed by atoms with Crippen LogP contribution in [-0.4, -0.2) is 51.4 Å². The van der Waals surface area contributed by atoms with Crippen LogP contribution >= 0.6 is 0 Å². The Bertz CT molecular complexity index is 1240. The molecule has 3 heterocycles. The van der Waals surface area contributed by atoms with E-state index in [2.05, 4.69) is 24.1 Å². The summed E-state index contributed by atoms with van der Waals surface area (Å²) in [6.45, 7) is 8.76. The average Bonchev–Trinajstić information content (AvgIpc) is 3.55. The Kier molecular flexibility index (Phi) is 5.70. The third-order valence-corrected chi connectivity index (χ3v) is 6.72. The predicted molar refractivity (Wildman–Crippen MR) is 128 cm³/mol. The fourth-order valence-corrected chi connectivity index (χ4v) is 4.61. The van der Waals surface area contributed by atoms with Gasteiger partial charge in [-0.25, -0.2) is 0 Å². The van der Waals surface area contributed by atoms with E-state index in [1.807, 2.05) is 40.8 Å². The van der Waals surface area contributed by atoms with Gasteiger partial charge in [0.2, 0.25) is 0 Å². The maximum atomic E-state index is 13.3. The summed E-state index contributed by atoms with van der Waals surface area (Å²) in [6, 6.07) is 7.67. The minimum absolute atomic E-state index is 0.0386. The lowest BCUT2D eigenvalue weighted by molar-refractivity contribution is -0.0155. The van der Waals surface area contributed by atoms with Crippen molar-refractivity contribution < 1.29 is 9.53 Å². The smallest absolute Gasteiger partial charge is 0.261 e. The molecule has 2 aromatic heterocycles. The minimum atomic E-state index is -0.160. The van der Waals surface area contributed by atoms with Crippen molar-refractivity contribution in [2.45, 2.75) is 46.2 Å². The maximum Gasteiger partial charge on any atom is 0.261 e. The van der Waals surface area contributed by atoms with Crippen molar-refractivity contribution in [1.29, 1.82) is 0 Å². The number of aromatic amines is 1. The van der Waals surface area contributed by atoms with E-state index < -0.39 is 0 Å². The number of aromatic nitrogens is 3. The number of pyridine rings is 1. The molecule has 1 aromatic carbocycles. The molecule has 1 saturated carbocycles. The molecule has 1 aliphatic heterocycles. The first kappa shape index (κ1) is 21.7. The van der Waals surface area contributed by atoms with E-state index >= 15 is 0 Å². The van der Waals surface area contributed by atoms with Gasteiger partial charge >= 0.3 is 0 Å². The number of H-pyrrole nitrogens is 1. The quantitative estimate of drug-likeness (QED) is 0.599. The second-order valence-corrected chi connectivity index (χ2v) is 9.58. The van der Waals surface area contributed by atoms with Gasteiger partial charge in [-0.15, -0.1) is 0 Å². The van der Waals surface area contributed by atoms with Crippen molar-refractivity contribution >= 4 is 28.3 Å². The van der Waals surface area contributed by atoms with E-state index in [-0.39, 0.29) is 17.5 Å². The number of aryl methyl sites for hydroxylation is 1. The molecule has 2 N–H and O–H groups in total. The molecule has 2 fully saturated rings. The largest absolute Gasteiger partial charge is 0.377 e. The van der Waals surface area contributed by atoms with Crippen molar-refractivity contribution in [3.05, 3.63) is 51.9 Å². The molecule has 1 unspecified atom stereocenters. The molecular formula is C25H31N5O3. The van der Waals surface area contributed by atoms with Gasteiger partial charge in [-0.3, -0.25) is 14.3 Å². The highest BCUT2D eigenvalue weighted by molar-refractivity contribution is 5.97. The van der Waals surface area contributed by atoms with Crippen molar-refractivity contribution in [3.63, 3.8) is 0 Å². The molecule has 0 bridgehead atoms. The van der Waals surface area contributed by atoms with Crippen LogP contribution in [0.1, 0.15) is 42.6 Å². The summed E-state index contributed by atoms with van der Waals surface area (Å²) in [5, 5.41) is 8.59. The van der Waals surface area contributed by atoms with E-state index in [0.29, 0.717) is 48.4 Å². The number of fused-ring (bicyclic) bond motifs is 1. The summed E-state index contributed by atoms with van der Waals surface area (Å²) in [5.74, 6) is 1.55. The standard InChI is InChI=1S/C25H31N5O3/c1-15(2)21-14-33-11-10-29(21)25(32)19-7-6-18(12-16(19)3)27-23-22-20(8-9-26-24(22)31)30(28-23)13-17-4-5-17/h6-9,12,15,17,21H,4-5,10-11,13-14H2,1-3H3,(H,26,31)(H,27,28). The lowest BCUT2D eigenvalue weighted by Gasteiger charge is -2.38. The number of morpholine rings is 1. The van der Waals surface area contributed by atoms with Crippen molar-refractivity contribution in [2.75, 3.05) is 25.1 Å². The monoisotopic (exact) mass is 449 g/mol. The Hall–Kier alpha value is -3.13. The summed E-state index contributed by atoms with van der Waals surface area (Å²) >= 11 is 0. The SMILES string of the molecule is Cc1cc(Nc2nn(CC3CC3)c3cc[nH]c(=O)c23)ccc1C(=O)N1CCOCC1C(C)C. The van der Waals surface area contributed by atoms with Gasteiger partial charge in [-0.2, -0.15) is 5.10 Å². The molecular weight excluding hydrogens is 418 g/mol. The normalized spacial score (nSPS) is 18.8. The number of ether oxygens (including phenoxy) is 1. The highest BCUT2D eigenvalue weighted by Crippen LogP contribution is 2.33. The predicted octanol–water partition coefficient (Wildman–Crippen LogP) is 3.68. The molecule has 0 spiro atoms. The maximum absolute atomic E-state index is 13.3. The van der Waals surface area contributed by atoms with Crippen LogP contribution in [0.15, 0.2) is 35.3 Å². The number of nitrogens with one attached hydrogen (secondary N) is 2.